The Balaban J connectivity index is 3.92. The predicted octanol–water partition coefficient (Wildman–Crippen LogP) is 4.30. The number of ketones is 1. The summed E-state index contributed by atoms with van der Waals surface area (Å²) < 4.78 is 0.296. The largest absolute Gasteiger partial charge is 0.299 e. The van der Waals surface area contributed by atoms with Gasteiger partial charge in [0.25, 0.3) is 0 Å². The molecule has 0 N–H and O–H groups in total. The summed E-state index contributed by atoms with van der Waals surface area (Å²) in [6, 6.07) is 0. The molecule has 15 heavy (non-hydrogen) atoms. The summed E-state index contributed by atoms with van der Waals surface area (Å²) in [4.78, 5) is 11.7. The first-order chi connectivity index (χ1) is 6.52. The smallest absolute Gasteiger partial charge is 0.138 e. The van der Waals surface area contributed by atoms with E-state index in [0.717, 1.165) is 6.42 Å². The predicted molar refractivity (Wildman–Crippen MR) is 70.5 cm³/mol. The highest BCUT2D eigenvalue weighted by atomic mass is 32.2. The number of rotatable bonds is 4. The molecular weight excluding hydrogens is 204 g/mol. The van der Waals surface area contributed by atoms with Crippen molar-refractivity contribution < 1.29 is 4.79 Å². The Morgan fingerprint density at radius 1 is 1.13 bits per heavy atom. The van der Waals surface area contributed by atoms with Crippen LogP contribution in [0.2, 0.25) is 0 Å². The highest BCUT2D eigenvalue weighted by molar-refractivity contribution is 8.01. The number of thioether (sulfide) groups is 1. The maximum absolute atomic E-state index is 11.7. The monoisotopic (exact) mass is 230 g/mol. The van der Waals surface area contributed by atoms with Gasteiger partial charge < -0.3 is 0 Å². The second-order valence-corrected chi connectivity index (χ2v) is 8.52. The molecule has 2 heteroatoms. The van der Waals surface area contributed by atoms with Gasteiger partial charge >= 0.3 is 0 Å². The Hall–Kier alpha value is 0.0200. The van der Waals surface area contributed by atoms with Crippen LogP contribution in [0.5, 0.6) is 0 Å². The zero-order valence-electron chi connectivity index (χ0n) is 11.3. The Kier molecular flexibility index (Phi) is 5.39. The molecule has 0 radical (unpaired) electrons. The minimum absolute atomic E-state index is 0.174. The molecule has 0 fully saturated rings. The lowest BCUT2D eigenvalue weighted by atomic mass is 9.88. The van der Waals surface area contributed by atoms with Gasteiger partial charge in [-0.1, -0.05) is 48.5 Å². The molecular formula is C13H26OS. The maximum Gasteiger partial charge on any atom is 0.138 e. The van der Waals surface area contributed by atoms with Gasteiger partial charge in [-0.05, 0) is 6.42 Å². The van der Waals surface area contributed by atoms with Gasteiger partial charge in [0, 0.05) is 21.8 Å². The van der Waals surface area contributed by atoms with Crippen LogP contribution in [0.15, 0.2) is 0 Å². The van der Waals surface area contributed by atoms with Gasteiger partial charge in [0.2, 0.25) is 0 Å². The lowest BCUT2D eigenvalue weighted by Gasteiger charge is -2.24. The van der Waals surface area contributed by atoms with Crippen molar-refractivity contribution in [3.8, 4) is 0 Å². The number of carbonyl (C=O) groups is 1. The van der Waals surface area contributed by atoms with Crippen LogP contribution >= 0.6 is 11.8 Å². The molecule has 1 unspecified atom stereocenters. The quantitative estimate of drug-likeness (QED) is 0.716. The Bertz CT molecular complexity index is 208. The van der Waals surface area contributed by atoms with Crippen LogP contribution in [0, 0.1) is 5.41 Å². The van der Waals surface area contributed by atoms with Crippen molar-refractivity contribution in [3.05, 3.63) is 0 Å². The van der Waals surface area contributed by atoms with Crippen molar-refractivity contribution in [1.29, 1.82) is 0 Å². The zero-order valence-corrected chi connectivity index (χ0v) is 12.1. The Labute approximate surface area is 99.4 Å². The molecule has 0 aromatic rings. The summed E-state index contributed by atoms with van der Waals surface area (Å²) in [5.41, 5.74) is -0.174. The third-order valence-corrected chi connectivity index (χ3v) is 3.51. The van der Waals surface area contributed by atoms with Crippen molar-refractivity contribution in [2.24, 2.45) is 5.41 Å². The van der Waals surface area contributed by atoms with E-state index in [-0.39, 0.29) is 5.41 Å². The molecule has 0 aliphatic heterocycles. The molecule has 1 atom stereocenters. The van der Waals surface area contributed by atoms with Gasteiger partial charge in [-0.15, -0.1) is 0 Å². The first-order valence-corrected chi connectivity index (χ1v) is 6.61. The summed E-state index contributed by atoms with van der Waals surface area (Å²) in [5, 5.41) is 0.566. The first-order valence-electron chi connectivity index (χ1n) is 5.73. The standard InChI is InChI=1S/C13H26OS/c1-10(15-13(5,6)7)8-9-11(14)12(2,3)4/h10H,8-9H2,1-7H3. The molecule has 0 saturated heterocycles. The van der Waals surface area contributed by atoms with E-state index in [1.807, 2.05) is 32.5 Å². The summed E-state index contributed by atoms with van der Waals surface area (Å²) in [5.74, 6) is 0.379. The first kappa shape index (κ1) is 15.0. The van der Waals surface area contributed by atoms with E-state index in [0.29, 0.717) is 22.2 Å². The van der Waals surface area contributed by atoms with Gasteiger partial charge in [0.15, 0.2) is 0 Å². The van der Waals surface area contributed by atoms with Gasteiger partial charge in [-0.25, -0.2) is 0 Å². The molecule has 0 heterocycles. The highest BCUT2D eigenvalue weighted by Crippen LogP contribution is 2.31. The molecule has 0 spiro atoms. The van der Waals surface area contributed by atoms with E-state index >= 15 is 0 Å². The van der Waals surface area contributed by atoms with Crippen LogP contribution in [0.1, 0.15) is 61.3 Å². The SMILES string of the molecule is CC(CCC(=O)C(C)(C)C)SC(C)(C)C. The molecule has 0 aromatic carbocycles. The van der Waals surface area contributed by atoms with E-state index in [9.17, 15) is 4.79 Å². The van der Waals surface area contributed by atoms with Crippen molar-refractivity contribution >= 4 is 17.5 Å². The van der Waals surface area contributed by atoms with Crippen LogP contribution in [-0.4, -0.2) is 15.8 Å². The van der Waals surface area contributed by atoms with Crippen molar-refractivity contribution in [2.75, 3.05) is 0 Å². The fourth-order valence-electron chi connectivity index (χ4n) is 1.37. The molecule has 0 bridgehead atoms. The number of hydrogen-bond donors (Lipinski definition) is 0. The zero-order chi connectivity index (χ0) is 12.3. The lowest BCUT2D eigenvalue weighted by molar-refractivity contribution is -0.126. The van der Waals surface area contributed by atoms with Gasteiger partial charge in [0.1, 0.15) is 5.78 Å². The molecule has 1 nitrogen and oxygen atoms in total. The van der Waals surface area contributed by atoms with Crippen molar-refractivity contribution in [3.63, 3.8) is 0 Å². The Morgan fingerprint density at radius 3 is 1.93 bits per heavy atom. The van der Waals surface area contributed by atoms with Crippen LogP contribution in [0.25, 0.3) is 0 Å². The fourth-order valence-corrected chi connectivity index (χ4v) is 2.81. The van der Waals surface area contributed by atoms with E-state index in [4.69, 9.17) is 0 Å². The van der Waals surface area contributed by atoms with E-state index in [1.165, 1.54) is 0 Å². The van der Waals surface area contributed by atoms with Gasteiger partial charge in [-0.2, -0.15) is 11.8 Å². The second-order valence-electron chi connectivity index (χ2n) is 6.25. The van der Waals surface area contributed by atoms with Crippen LogP contribution in [-0.2, 0) is 4.79 Å². The van der Waals surface area contributed by atoms with Crippen LogP contribution in [0.3, 0.4) is 0 Å². The van der Waals surface area contributed by atoms with Crippen molar-refractivity contribution in [1.82, 2.24) is 0 Å². The minimum atomic E-state index is -0.174. The maximum atomic E-state index is 11.7. The molecule has 0 saturated carbocycles. The minimum Gasteiger partial charge on any atom is -0.299 e. The summed E-state index contributed by atoms with van der Waals surface area (Å²) in [7, 11) is 0. The van der Waals surface area contributed by atoms with Crippen molar-refractivity contribution in [2.45, 2.75) is 71.3 Å². The number of hydrogen-bond acceptors (Lipinski definition) is 2. The average Bonchev–Trinajstić information content (AvgIpc) is 1.94. The van der Waals surface area contributed by atoms with Gasteiger partial charge in [-0.3, -0.25) is 4.79 Å². The van der Waals surface area contributed by atoms with Gasteiger partial charge in [0.05, 0.1) is 0 Å². The molecule has 0 amide bonds. The lowest BCUT2D eigenvalue weighted by Crippen LogP contribution is -2.21. The summed E-state index contributed by atoms with van der Waals surface area (Å²) >= 11 is 1.96. The molecule has 0 rings (SSSR count). The number of carbonyl (C=O) groups excluding carboxylic acids is 1. The summed E-state index contributed by atoms with van der Waals surface area (Å²) in [6.45, 7) is 14.9. The fraction of sp³-hybridized carbons (Fsp3) is 0.923. The Morgan fingerprint density at radius 2 is 1.60 bits per heavy atom. The molecule has 0 aliphatic rings. The third kappa shape index (κ3) is 7.89. The molecule has 0 aromatic heterocycles. The van der Waals surface area contributed by atoms with Crippen LogP contribution in [0.4, 0.5) is 0 Å². The summed E-state index contributed by atoms with van der Waals surface area (Å²) in [6.07, 6.45) is 1.71. The van der Waals surface area contributed by atoms with E-state index < -0.39 is 0 Å². The van der Waals surface area contributed by atoms with E-state index in [1.54, 1.807) is 0 Å². The van der Waals surface area contributed by atoms with Crippen LogP contribution < -0.4 is 0 Å². The topological polar surface area (TPSA) is 17.1 Å². The van der Waals surface area contributed by atoms with E-state index in [2.05, 4.69) is 27.7 Å². The normalized spacial score (nSPS) is 15.1. The average molecular weight is 230 g/mol. The number of Topliss-reactive ketones (excluding diaryl/α,β-unsaturated/α-hetero) is 1. The highest BCUT2D eigenvalue weighted by Gasteiger charge is 2.22. The molecule has 0 aliphatic carbocycles. The molecule has 90 valence electrons. The third-order valence-electron chi connectivity index (χ3n) is 2.17. The second kappa shape index (κ2) is 5.38.